The summed E-state index contributed by atoms with van der Waals surface area (Å²) in [7, 11) is -2.56. The van der Waals surface area contributed by atoms with Crippen molar-refractivity contribution in [3.05, 3.63) is 94.0 Å². The Morgan fingerprint density at radius 3 is 2.08 bits per heavy atom. The highest BCUT2D eigenvalue weighted by Gasteiger charge is 2.32. The first-order valence-electron chi connectivity index (χ1n) is 11.4. The van der Waals surface area contributed by atoms with Crippen molar-refractivity contribution in [3.63, 3.8) is 0 Å². The van der Waals surface area contributed by atoms with E-state index in [4.69, 9.17) is 0 Å². The molecule has 0 aliphatic rings. The molecule has 2 amide bonds. The maximum Gasteiger partial charge on any atom is 0.264 e. The number of carbonyl (C=O) groups is 2. The standard InChI is InChI=1S/C27H30BrN3O4S/c1-19-14-20(2)16-24(15-19)31(36(34,35)25-8-6-5-7-9-25)18-26(32)30(21(3)27(33)29-4)17-22-10-12-23(28)13-11-22/h5-16,21H,17-18H2,1-4H3,(H,29,33). The summed E-state index contributed by atoms with van der Waals surface area (Å²) in [5, 5.41) is 2.58. The topological polar surface area (TPSA) is 86.8 Å². The molecule has 0 radical (unpaired) electrons. The molecule has 7 nitrogen and oxygen atoms in total. The van der Waals surface area contributed by atoms with Crippen LogP contribution in [-0.2, 0) is 26.2 Å². The lowest BCUT2D eigenvalue weighted by molar-refractivity contribution is -0.139. The van der Waals surface area contributed by atoms with Crippen molar-refractivity contribution in [1.29, 1.82) is 0 Å². The second-order valence-electron chi connectivity index (χ2n) is 8.61. The van der Waals surface area contributed by atoms with Crippen molar-refractivity contribution < 1.29 is 18.0 Å². The van der Waals surface area contributed by atoms with Crippen molar-refractivity contribution in [2.75, 3.05) is 17.9 Å². The molecule has 1 atom stereocenters. The van der Waals surface area contributed by atoms with Gasteiger partial charge in [-0.15, -0.1) is 0 Å². The number of amides is 2. The largest absolute Gasteiger partial charge is 0.357 e. The Morgan fingerprint density at radius 2 is 1.53 bits per heavy atom. The predicted octanol–water partition coefficient (Wildman–Crippen LogP) is 4.42. The molecule has 190 valence electrons. The monoisotopic (exact) mass is 571 g/mol. The third-order valence-electron chi connectivity index (χ3n) is 5.78. The fraction of sp³-hybridized carbons (Fsp3) is 0.259. The van der Waals surface area contributed by atoms with E-state index in [0.717, 1.165) is 25.5 Å². The highest BCUT2D eigenvalue weighted by atomic mass is 79.9. The van der Waals surface area contributed by atoms with Gasteiger partial charge in [0.15, 0.2) is 0 Å². The number of hydrogen-bond donors (Lipinski definition) is 1. The number of likely N-dealkylation sites (N-methyl/N-ethyl adjacent to an activating group) is 1. The summed E-state index contributed by atoms with van der Waals surface area (Å²) < 4.78 is 29.5. The summed E-state index contributed by atoms with van der Waals surface area (Å²) in [5.74, 6) is -0.836. The molecule has 0 aliphatic heterocycles. The minimum atomic E-state index is -4.07. The molecule has 0 spiro atoms. The Balaban J connectivity index is 2.05. The van der Waals surface area contributed by atoms with Gasteiger partial charge >= 0.3 is 0 Å². The Bertz CT molecular complexity index is 1310. The van der Waals surface area contributed by atoms with Crippen molar-refractivity contribution >= 4 is 43.5 Å². The second kappa shape index (κ2) is 11.7. The Kier molecular flexibility index (Phi) is 8.92. The number of halogens is 1. The molecule has 9 heteroatoms. The first kappa shape index (κ1) is 27.4. The van der Waals surface area contributed by atoms with Crippen molar-refractivity contribution in [3.8, 4) is 0 Å². The van der Waals surface area contributed by atoms with Crippen LogP contribution in [0.1, 0.15) is 23.6 Å². The van der Waals surface area contributed by atoms with E-state index in [1.807, 2.05) is 44.2 Å². The molecule has 0 bridgehead atoms. The van der Waals surface area contributed by atoms with Gasteiger partial charge in [0.05, 0.1) is 10.6 Å². The summed E-state index contributed by atoms with van der Waals surface area (Å²) in [6.07, 6.45) is 0. The number of sulfonamides is 1. The number of nitrogens with zero attached hydrogens (tertiary/aromatic N) is 2. The van der Waals surface area contributed by atoms with Gasteiger partial charge in [0, 0.05) is 18.1 Å². The second-order valence-corrected chi connectivity index (χ2v) is 11.4. The minimum absolute atomic E-state index is 0.0794. The molecule has 0 aromatic heterocycles. The summed E-state index contributed by atoms with van der Waals surface area (Å²) >= 11 is 3.40. The van der Waals surface area contributed by atoms with Crippen LogP contribution < -0.4 is 9.62 Å². The van der Waals surface area contributed by atoms with Crippen LogP contribution in [0.4, 0.5) is 5.69 Å². The number of nitrogens with one attached hydrogen (secondary N) is 1. The molecule has 0 saturated carbocycles. The van der Waals surface area contributed by atoms with Crippen LogP contribution in [0.2, 0.25) is 0 Å². The van der Waals surface area contributed by atoms with Crippen LogP contribution in [0.3, 0.4) is 0 Å². The number of hydrogen-bond acceptors (Lipinski definition) is 4. The van der Waals surface area contributed by atoms with Gasteiger partial charge in [0.2, 0.25) is 11.8 Å². The Morgan fingerprint density at radius 1 is 0.944 bits per heavy atom. The number of carbonyl (C=O) groups excluding carboxylic acids is 2. The van der Waals surface area contributed by atoms with Gasteiger partial charge in [-0.05, 0) is 73.9 Å². The summed E-state index contributed by atoms with van der Waals surface area (Å²) in [6, 6.07) is 20.0. The number of benzene rings is 3. The van der Waals surface area contributed by atoms with E-state index in [-0.39, 0.29) is 17.3 Å². The highest BCUT2D eigenvalue weighted by molar-refractivity contribution is 9.10. The van der Waals surface area contributed by atoms with E-state index < -0.39 is 28.5 Å². The fourth-order valence-corrected chi connectivity index (χ4v) is 5.60. The Labute approximate surface area is 221 Å². The molecule has 0 aliphatic carbocycles. The first-order chi connectivity index (χ1) is 17.0. The lowest BCUT2D eigenvalue weighted by Gasteiger charge is -2.32. The smallest absolute Gasteiger partial charge is 0.264 e. The van der Waals surface area contributed by atoms with Crippen LogP contribution in [0, 0.1) is 13.8 Å². The quantitative estimate of drug-likeness (QED) is 0.411. The summed E-state index contributed by atoms with van der Waals surface area (Å²) in [4.78, 5) is 27.7. The van der Waals surface area contributed by atoms with Gasteiger partial charge in [-0.25, -0.2) is 8.42 Å². The molecule has 1 unspecified atom stereocenters. The van der Waals surface area contributed by atoms with Gasteiger partial charge in [-0.3, -0.25) is 13.9 Å². The van der Waals surface area contributed by atoms with Crippen LogP contribution in [0.25, 0.3) is 0 Å². The van der Waals surface area contributed by atoms with Gasteiger partial charge in [-0.1, -0.05) is 52.3 Å². The summed E-state index contributed by atoms with van der Waals surface area (Å²) in [5.41, 5.74) is 2.94. The zero-order valence-corrected chi connectivity index (χ0v) is 23.1. The maximum atomic E-state index is 13.7. The molecule has 3 rings (SSSR count). The van der Waals surface area contributed by atoms with Crippen molar-refractivity contribution in [2.45, 2.75) is 38.3 Å². The third kappa shape index (κ3) is 6.53. The van der Waals surface area contributed by atoms with E-state index in [0.29, 0.717) is 5.69 Å². The van der Waals surface area contributed by atoms with Gasteiger partial charge < -0.3 is 10.2 Å². The number of aryl methyl sites for hydroxylation is 2. The van der Waals surface area contributed by atoms with Gasteiger partial charge in [0.1, 0.15) is 12.6 Å². The lowest BCUT2D eigenvalue weighted by atomic mass is 10.1. The van der Waals surface area contributed by atoms with Crippen LogP contribution in [-0.4, -0.2) is 44.8 Å². The minimum Gasteiger partial charge on any atom is -0.357 e. The van der Waals surface area contributed by atoms with E-state index in [2.05, 4.69) is 21.2 Å². The van der Waals surface area contributed by atoms with E-state index >= 15 is 0 Å². The van der Waals surface area contributed by atoms with E-state index in [1.165, 1.54) is 24.1 Å². The zero-order chi connectivity index (χ0) is 26.5. The fourth-order valence-electron chi connectivity index (χ4n) is 3.92. The van der Waals surface area contributed by atoms with Crippen LogP contribution >= 0.6 is 15.9 Å². The molecule has 1 N–H and O–H groups in total. The maximum absolute atomic E-state index is 13.7. The number of rotatable bonds is 9. The SMILES string of the molecule is CNC(=O)C(C)N(Cc1ccc(Br)cc1)C(=O)CN(c1cc(C)cc(C)c1)S(=O)(=O)c1ccccc1. The zero-order valence-electron chi connectivity index (χ0n) is 20.7. The molecular weight excluding hydrogens is 542 g/mol. The molecule has 0 fully saturated rings. The average molecular weight is 573 g/mol. The molecule has 0 saturated heterocycles. The van der Waals surface area contributed by atoms with Gasteiger partial charge in [-0.2, -0.15) is 0 Å². The molecule has 3 aromatic rings. The van der Waals surface area contributed by atoms with Gasteiger partial charge in [0.25, 0.3) is 10.0 Å². The molecular formula is C27H30BrN3O4S. The highest BCUT2D eigenvalue weighted by Crippen LogP contribution is 2.26. The predicted molar refractivity (Wildman–Crippen MR) is 145 cm³/mol. The van der Waals surface area contributed by atoms with Crippen LogP contribution in [0.5, 0.6) is 0 Å². The molecule has 36 heavy (non-hydrogen) atoms. The van der Waals surface area contributed by atoms with Crippen LogP contribution in [0.15, 0.2) is 82.2 Å². The lowest BCUT2D eigenvalue weighted by Crippen LogP contribution is -2.50. The third-order valence-corrected chi connectivity index (χ3v) is 8.10. The average Bonchev–Trinajstić information content (AvgIpc) is 2.85. The normalized spacial score (nSPS) is 12.0. The van der Waals surface area contributed by atoms with E-state index in [1.54, 1.807) is 37.3 Å². The Hall–Kier alpha value is -3.17. The van der Waals surface area contributed by atoms with E-state index in [9.17, 15) is 18.0 Å². The van der Waals surface area contributed by atoms with Crippen molar-refractivity contribution in [2.24, 2.45) is 0 Å². The summed E-state index contributed by atoms with van der Waals surface area (Å²) in [6.45, 7) is 5.06. The number of anilines is 1. The molecule has 0 heterocycles. The molecule has 3 aromatic carbocycles. The first-order valence-corrected chi connectivity index (χ1v) is 13.7. The van der Waals surface area contributed by atoms with Crippen molar-refractivity contribution in [1.82, 2.24) is 10.2 Å².